The van der Waals surface area contributed by atoms with Gasteiger partial charge in [-0.1, -0.05) is 6.92 Å². The number of rotatable bonds is 3. The Bertz CT molecular complexity index is 357. The molecule has 0 bridgehead atoms. The zero-order valence-corrected chi connectivity index (χ0v) is 10.5. The molecule has 0 amide bonds. The number of thiophene rings is 1. The van der Waals surface area contributed by atoms with Crippen molar-refractivity contribution in [3.63, 3.8) is 0 Å². The monoisotopic (exact) mass is 273 g/mol. The van der Waals surface area contributed by atoms with Crippen LogP contribution in [-0.4, -0.2) is 5.11 Å². The lowest BCUT2D eigenvalue weighted by molar-refractivity contribution is 0.0754. The van der Waals surface area contributed by atoms with Gasteiger partial charge in [0.05, 0.1) is 15.3 Å². The summed E-state index contributed by atoms with van der Waals surface area (Å²) in [6, 6.07) is 5.91. The number of hydrogen-bond acceptors (Lipinski definition) is 3. The van der Waals surface area contributed by atoms with Gasteiger partial charge in [-0.05, 0) is 41.4 Å². The van der Waals surface area contributed by atoms with Crippen LogP contribution < -0.4 is 0 Å². The molecule has 2 atom stereocenters. The van der Waals surface area contributed by atoms with Gasteiger partial charge in [-0.2, -0.15) is 5.26 Å². The summed E-state index contributed by atoms with van der Waals surface area (Å²) in [7, 11) is 0. The predicted molar refractivity (Wildman–Crippen MR) is 61.0 cm³/mol. The Hall–Kier alpha value is -0.370. The van der Waals surface area contributed by atoms with Gasteiger partial charge in [0, 0.05) is 4.88 Å². The zero-order chi connectivity index (χ0) is 10.8. The maximum atomic E-state index is 10.0. The zero-order valence-electron chi connectivity index (χ0n) is 8.12. The molecule has 0 spiro atoms. The van der Waals surface area contributed by atoms with Crippen molar-refractivity contribution in [1.29, 1.82) is 5.26 Å². The van der Waals surface area contributed by atoms with Gasteiger partial charge in [-0.25, -0.2) is 0 Å². The number of aliphatic hydroxyl groups is 1. The van der Waals surface area contributed by atoms with Crippen molar-refractivity contribution in [2.24, 2.45) is 5.41 Å². The molecule has 2 unspecified atom stereocenters. The first-order valence-corrected chi connectivity index (χ1v) is 5.99. The van der Waals surface area contributed by atoms with E-state index in [0.29, 0.717) is 6.42 Å². The number of hydrogen-bond donors (Lipinski definition) is 1. The Kier molecular flexibility index (Phi) is 3.71. The van der Waals surface area contributed by atoms with Crippen LogP contribution in [0.15, 0.2) is 15.9 Å². The van der Waals surface area contributed by atoms with Crippen molar-refractivity contribution in [2.75, 3.05) is 0 Å². The highest BCUT2D eigenvalue weighted by atomic mass is 79.9. The standard InChI is InChI=1S/C10H12BrNOS/c1-3-10(2,6-12)9(13)7-4-5-8(11)14-7/h4-5,9,13H,3H2,1-2H3. The van der Waals surface area contributed by atoms with Gasteiger partial charge in [0.1, 0.15) is 6.10 Å². The van der Waals surface area contributed by atoms with E-state index in [1.165, 1.54) is 11.3 Å². The first-order chi connectivity index (χ1) is 6.53. The van der Waals surface area contributed by atoms with E-state index in [4.69, 9.17) is 5.26 Å². The Morgan fingerprint density at radius 1 is 1.71 bits per heavy atom. The lowest BCUT2D eigenvalue weighted by atomic mass is 9.82. The number of nitrogens with zero attached hydrogens (tertiary/aromatic N) is 1. The molecular weight excluding hydrogens is 262 g/mol. The molecule has 1 heterocycles. The predicted octanol–water partition coefficient (Wildman–Crippen LogP) is 3.48. The summed E-state index contributed by atoms with van der Waals surface area (Å²) in [5.74, 6) is 0. The average Bonchev–Trinajstić information content (AvgIpc) is 2.62. The summed E-state index contributed by atoms with van der Waals surface area (Å²) < 4.78 is 0.975. The molecule has 0 fully saturated rings. The third kappa shape index (κ3) is 2.17. The second kappa shape index (κ2) is 4.43. The molecular formula is C10H12BrNOS. The van der Waals surface area contributed by atoms with Crippen LogP contribution in [0.3, 0.4) is 0 Å². The van der Waals surface area contributed by atoms with Crippen molar-refractivity contribution in [1.82, 2.24) is 0 Å². The minimum absolute atomic E-state index is 0.639. The highest BCUT2D eigenvalue weighted by Gasteiger charge is 2.33. The summed E-state index contributed by atoms with van der Waals surface area (Å²) in [5, 5.41) is 19.0. The lowest BCUT2D eigenvalue weighted by Gasteiger charge is -2.25. The summed E-state index contributed by atoms with van der Waals surface area (Å²) in [6.07, 6.45) is -0.0611. The third-order valence-electron chi connectivity index (χ3n) is 2.46. The molecule has 1 N–H and O–H groups in total. The van der Waals surface area contributed by atoms with Crippen molar-refractivity contribution in [3.05, 3.63) is 20.8 Å². The minimum atomic E-state index is -0.700. The molecule has 4 heteroatoms. The van der Waals surface area contributed by atoms with Gasteiger partial charge in [0.2, 0.25) is 0 Å². The van der Waals surface area contributed by atoms with Gasteiger partial charge >= 0.3 is 0 Å². The molecule has 76 valence electrons. The number of aliphatic hydroxyl groups excluding tert-OH is 1. The fourth-order valence-corrected chi connectivity index (χ4v) is 2.68. The Morgan fingerprint density at radius 2 is 2.36 bits per heavy atom. The van der Waals surface area contributed by atoms with Gasteiger partial charge in [0.25, 0.3) is 0 Å². The van der Waals surface area contributed by atoms with E-state index in [1.54, 1.807) is 6.92 Å². The van der Waals surface area contributed by atoms with E-state index in [-0.39, 0.29) is 0 Å². The molecule has 1 rings (SSSR count). The molecule has 0 saturated carbocycles. The summed E-state index contributed by atoms with van der Waals surface area (Å²) in [5.41, 5.74) is -0.690. The maximum absolute atomic E-state index is 10.0. The molecule has 1 aromatic heterocycles. The lowest BCUT2D eigenvalue weighted by Crippen LogP contribution is -2.22. The fourth-order valence-electron chi connectivity index (χ4n) is 1.12. The molecule has 0 aliphatic rings. The number of nitriles is 1. The first kappa shape index (κ1) is 11.7. The van der Waals surface area contributed by atoms with E-state index < -0.39 is 11.5 Å². The first-order valence-electron chi connectivity index (χ1n) is 4.38. The second-order valence-corrected chi connectivity index (χ2v) is 5.92. The minimum Gasteiger partial charge on any atom is -0.386 e. The van der Waals surface area contributed by atoms with Crippen LogP contribution in [0.5, 0.6) is 0 Å². The van der Waals surface area contributed by atoms with Gasteiger partial charge in [0.15, 0.2) is 0 Å². The third-order valence-corrected chi connectivity index (χ3v) is 4.13. The van der Waals surface area contributed by atoms with Gasteiger partial charge < -0.3 is 5.11 Å². The smallest absolute Gasteiger partial charge is 0.106 e. The highest BCUT2D eigenvalue weighted by molar-refractivity contribution is 9.11. The van der Waals surface area contributed by atoms with Crippen LogP contribution in [0, 0.1) is 16.7 Å². The molecule has 0 aliphatic heterocycles. The summed E-state index contributed by atoms with van der Waals surface area (Å²) in [6.45, 7) is 3.69. The van der Waals surface area contributed by atoms with Gasteiger partial charge in [-0.3, -0.25) is 0 Å². The van der Waals surface area contributed by atoms with E-state index in [1.807, 2.05) is 19.1 Å². The summed E-state index contributed by atoms with van der Waals surface area (Å²) >= 11 is 4.80. The van der Waals surface area contributed by atoms with Crippen molar-refractivity contribution < 1.29 is 5.11 Å². The van der Waals surface area contributed by atoms with Crippen LogP contribution in [0.1, 0.15) is 31.2 Å². The van der Waals surface area contributed by atoms with E-state index in [0.717, 1.165) is 8.66 Å². The SMILES string of the molecule is CCC(C)(C#N)C(O)c1ccc(Br)s1. The Labute approximate surface area is 96.3 Å². The average molecular weight is 274 g/mol. The molecule has 14 heavy (non-hydrogen) atoms. The maximum Gasteiger partial charge on any atom is 0.106 e. The fraction of sp³-hybridized carbons (Fsp3) is 0.500. The normalized spacial score (nSPS) is 17.1. The topological polar surface area (TPSA) is 44.0 Å². The molecule has 0 radical (unpaired) electrons. The van der Waals surface area contributed by atoms with Crippen molar-refractivity contribution in [2.45, 2.75) is 26.4 Å². The van der Waals surface area contributed by atoms with Crippen LogP contribution in [-0.2, 0) is 0 Å². The van der Waals surface area contributed by atoms with Crippen LogP contribution >= 0.6 is 27.3 Å². The Morgan fingerprint density at radius 3 is 2.71 bits per heavy atom. The second-order valence-electron chi connectivity index (χ2n) is 3.43. The molecule has 2 nitrogen and oxygen atoms in total. The quantitative estimate of drug-likeness (QED) is 0.917. The van der Waals surface area contributed by atoms with E-state index in [9.17, 15) is 5.11 Å². The van der Waals surface area contributed by atoms with Crippen LogP contribution in [0.4, 0.5) is 0 Å². The van der Waals surface area contributed by atoms with Crippen LogP contribution in [0.25, 0.3) is 0 Å². The summed E-state index contributed by atoms with van der Waals surface area (Å²) in [4.78, 5) is 0.836. The van der Waals surface area contributed by atoms with E-state index >= 15 is 0 Å². The van der Waals surface area contributed by atoms with Gasteiger partial charge in [-0.15, -0.1) is 11.3 Å². The van der Waals surface area contributed by atoms with Crippen LogP contribution in [0.2, 0.25) is 0 Å². The van der Waals surface area contributed by atoms with Crippen molar-refractivity contribution in [3.8, 4) is 6.07 Å². The Balaban J connectivity index is 2.95. The van der Waals surface area contributed by atoms with E-state index in [2.05, 4.69) is 22.0 Å². The van der Waals surface area contributed by atoms with Crippen molar-refractivity contribution >= 4 is 27.3 Å². The molecule has 1 aromatic rings. The molecule has 0 saturated heterocycles. The molecule has 0 aliphatic carbocycles. The largest absolute Gasteiger partial charge is 0.386 e. The number of halogens is 1. The molecule has 0 aromatic carbocycles. The highest BCUT2D eigenvalue weighted by Crippen LogP contribution is 2.39.